The van der Waals surface area contributed by atoms with Crippen LogP contribution in [0, 0.1) is 0 Å². The molecule has 25 heavy (non-hydrogen) atoms. The number of nitrogens with zero attached hydrogens (tertiary/aromatic N) is 3. The average molecular weight is 363 g/mol. The number of carboxylic acids is 1. The van der Waals surface area contributed by atoms with Crippen LogP contribution in [0.1, 0.15) is 18.7 Å². The molecule has 0 spiro atoms. The molecule has 1 fully saturated rings. The molecule has 2 heterocycles. The minimum absolute atomic E-state index is 0.0520. The van der Waals surface area contributed by atoms with Crippen LogP contribution in [-0.4, -0.2) is 61.5 Å². The first-order valence-corrected chi connectivity index (χ1v) is 9.50. The number of likely N-dealkylation sites (tertiary alicyclic amines) is 1. The Bertz CT molecular complexity index is 796. The maximum absolute atomic E-state index is 12.7. The molecule has 3 rings (SSSR count). The number of carboxylic acid groups (broad SMARTS) is 1. The number of imidazole rings is 1. The molecule has 1 saturated heterocycles. The number of aliphatic carboxylic acids is 1. The highest BCUT2D eigenvalue weighted by Gasteiger charge is 2.40. The van der Waals surface area contributed by atoms with Crippen LogP contribution in [-0.2, 0) is 21.9 Å². The molecule has 0 aliphatic carbocycles. The summed E-state index contributed by atoms with van der Waals surface area (Å²) in [4.78, 5) is 30.0. The highest BCUT2D eigenvalue weighted by molar-refractivity contribution is 7.97. The van der Waals surface area contributed by atoms with Gasteiger partial charge in [-0.25, -0.2) is 9.78 Å². The predicted molar refractivity (Wildman–Crippen MR) is 95.4 cm³/mol. The first kappa shape index (κ1) is 17.8. The number of piperidine rings is 1. The van der Waals surface area contributed by atoms with E-state index in [1.165, 1.54) is 0 Å². The SMILES string of the molecule is CSCc1nc2ccccc2n1CC(=O)N1CCC(O)(C(=O)O)CC1. The number of amides is 1. The van der Waals surface area contributed by atoms with E-state index in [-0.39, 0.29) is 38.4 Å². The second-order valence-electron chi connectivity index (χ2n) is 6.25. The van der Waals surface area contributed by atoms with Crippen LogP contribution in [0.3, 0.4) is 0 Å². The number of aromatic nitrogens is 2. The second kappa shape index (κ2) is 7.05. The number of carbonyl (C=O) groups excluding carboxylic acids is 1. The minimum Gasteiger partial charge on any atom is -0.479 e. The average Bonchev–Trinajstić information content (AvgIpc) is 2.93. The van der Waals surface area contributed by atoms with Gasteiger partial charge in [0.25, 0.3) is 0 Å². The number of benzene rings is 1. The lowest BCUT2D eigenvalue weighted by Gasteiger charge is -2.35. The third kappa shape index (κ3) is 3.50. The molecule has 7 nitrogen and oxygen atoms in total. The van der Waals surface area contributed by atoms with Crippen molar-refractivity contribution in [1.82, 2.24) is 14.5 Å². The van der Waals surface area contributed by atoms with Gasteiger partial charge in [0.05, 0.1) is 16.8 Å². The third-order valence-corrected chi connectivity index (χ3v) is 5.19. The van der Waals surface area contributed by atoms with Gasteiger partial charge in [-0.1, -0.05) is 12.1 Å². The summed E-state index contributed by atoms with van der Waals surface area (Å²) in [7, 11) is 0. The van der Waals surface area contributed by atoms with E-state index >= 15 is 0 Å². The van der Waals surface area contributed by atoms with Crippen LogP contribution in [0.15, 0.2) is 24.3 Å². The Kier molecular flexibility index (Phi) is 5.01. The fraction of sp³-hybridized carbons (Fsp3) is 0.471. The van der Waals surface area contributed by atoms with Crippen molar-refractivity contribution in [2.45, 2.75) is 30.7 Å². The number of aliphatic hydroxyl groups is 1. The lowest BCUT2D eigenvalue weighted by atomic mass is 9.91. The normalized spacial score (nSPS) is 17.0. The molecule has 1 aromatic carbocycles. The van der Waals surface area contributed by atoms with E-state index in [2.05, 4.69) is 4.98 Å². The van der Waals surface area contributed by atoms with Crippen LogP contribution in [0.4, 0.5) is 0 Å². The molecule has 1 amide bonds. The molecule has 2 N–H and O–H groups in total. The Morgan fingerprint density at radius 3 is 2.60 bits per heavy atom. The number of fused-ring (bicyclic) bond motifs is 1. The van der Waals surface area contributed by atoms with Crippen molar-refractivity contribution >= 4 is 34.7 Å². The zero-order chi connectivity index (χ0) is 18.0. The summed E-state index contributed by atoms with van der Waals surface area (Å²) in [5, 5.41) is 19.1. The van der Waals surface area contributed by atoms with Gasteiger partial charge in [-0.3, -0.25) is 4.79 Å². The zero-order valence-corrected chi connectivity index (χ0v) is 14.8. The maximum atomic E-state index is 12.7. The van der Waals surface area contributed by atoms with Crippen LogP contribution in [0.25, 0.3) is 11.0 Å². The van der Waals surface area contributed by atoms with Crippen LogP contribution < -0.4 is 0 Å². The molecule has 134 valence electrons. The van der Waals surface area contributed by atoms with Crippen LogP contribution in [0.2, 0.25) is 0 Å². The minimum atomic E-state index is -1.72. The Labute approximate surface area is 149 Å². The molecule has 2 aromatic rings. The molecule has 8 heteroatoms. The van der Waals surface area contributed by atoms with Crippen molar-refractivity contribution in [2.75, 3.05) is 19.3 Å². The van der Waals surface area contributed by atoms with Gasteiger partial charge >= 0.3 is 5.97 Å². The standard InChI is InChI=1S/C17H21N3O4S/c1-25-11-14-18-12-4-2-3-5-13(12)20(14)10-15(21)19-8-6-17(24,7-9-19)16(22)23/h2-5,24H,6-11H2,1H3,(H,22,23). The Hall–Kier alpha value is -2.06. The first-order valence-electron chi connectivity index (χ1n) is 8.11. The highest BCUT2D eigenvalue weighted by atomic mass is 32.2. The summed E-state index contributed by atoms with van der Waals surface area (Å²) < 4.78 is 1.92. The van der Waals surface area contributed by atoms with Crippen LogP contribution in [0.5, 0.6) is 0 Å². The van der Waals surface area contributed by atoms with Gasteiger partial charge in [-0.05, 0) is 18.4 Å². The van der Waals surface area contributed by atoms with E-state index in [4.69, 9.17) is 5.11 Å². The lowest BCUT2D eigenvalue weighted by Crippen LogP contribution is -2.51. The lowest BCUT2D eigenvalue weighted by molar-refractivity contribution is -0.165. The van der Waals surface area contributed by atoms with Crippen LogP contribution >= 0.6 is 11.8 Å². The molecular formula is C17H21N3O4S. The smallest absolute Gasteiger partial charge is 0.335 e. The summed E-state index contributed by atoms with van der Waals surface area (Å²) in [5.74, 6) is 0.252. The van der Waals surface area contributed by atoms with E-state index in [0.29, 0.717) is 5.75 Å². The van der Waals surface area contributed by atoms with Gasteiger partial charge in [-0.2, -0.15) is 11.8 Å². The topological polar surface area (TPSA) is 95.7 Å². The maximum Gasteiger partial charge on any atom is 0.335 e. The fourth-order valence-electron chi connectivity index (χ4n) is 3.12. The zero-order valence-electron chi connectivity index (χ0n) is 14.0. The van der Waals surface area contributed by atoms with E-state index in [1.807, 2.05) is 35.1 Å². The van der Waals surface area contributed by atoms with Crippen molar-refractivity contribution < 1.29 is 19.8 Å². The van der Waals surface area contributed by atoms with E-state index in [1.54, 1.807) is 16.7 Å². The number of thioether (sulfide) groups is 1. The number of para-hydroxylation sites is 2. The Morgan fingerprint density at radius 1 is 1.28 bits per heavy atom. The molecule has 0 saturated carbocycles. The molecular weight excluding hydrogens is 342 g/mol. The van der Waals surface area contributed by atoms with Gasteiger partial charge in [0, 0.05) is 25.9 Å². The molecule has 0 radical (unpaired) electrons. The number of rotatable bonds is 5. The predicted octanol–water partition coefficient (Wildman–Crippen LogP) is 1.34. The molecule has 1 aromatic heterocycles. The molecule has 1 aliphatic heterocycles. The molecule has 0 atom stereocenters. The number of hydrogen-bond acceptors (Lipinski definition) is 5. The van der Waals surface area contributed by atoms with Gasteiger partial charge in [0.2, 0.25) is 5.91 Å². The van der Waals surface area contributed by atoms with E-state index in [9.17, 15) is 14.7 Å². The summed E-state index contributed by atoms with van der Waals surface area (Å²) in [6, 6.07) is 7.70. The molecule has 1 aliphatic rings. The Balaban J connectivity index is 1.76. The van der Waals surface area contributed by atoms with Crippen molar-refractivity contribution in [2.24, 2.45) is 0 Å². The van der Waals surface area contributed by atoms with Gasteiger partial charge in [-0.15, -0.1) is 0 Å². The van der Waals surface area contributed by atoms with E-state index in [0.717, 1.165) is 16.9 Å². The highest BCUT2D eigenvalue weighted by Crippen LogP contribution is 2.24. The second-order valence-corrected chi connectivity index (χ2v) is 7.12. The summed E-state index contributed by atoms with van der Waals surface area (Å²) in [6.45, 7) is 0.653. The summed E-state index contributed by atoms with van der Waals surface area (Å²) >= 11 is 1.64. The van der Waals surface area contributed by atoms with Gasteiger partial charge < -0.3 is 19.7 Å². The van der Waals surface area contributed by atoms with E-state index < -0.39 is 11.6 Å². The number of carbonyl (C=O) groups is 2. The van der Waals surface area contributed by atoms with Gasteiger partial charge in [0.15, 0.2) is 5.60 Å². The fourth-order valence-corrected chi connectivity index (χ4v) is 3.59. The monoisotopic (exact) mass is 363 g/mol. The van der Waals surface area contributed by atoms with Crippen molar-refractivity contribution in [3.05, 3.63) is 30.1 Å². The molecule has 0 bridgehead atoms. The van der Waals surface area contributed by atoms with Gasteiger partial charge in [0.1, 0.15) is 12.4 Å². The Morgan fingerprint density at radius 2 is 1.96 bits per heavy atom. The quantitative estimate of drug-likeness (QED) is 0.832. The summed E-state index contributed by atoms with van der Waals surface area (Å²) in [6.07, 6.45) is 2.09. The first-order chi connectivity index (χ1) is 11.9. The summed E-state index contributed by atoms with van der Waals surface area (Å²) in [5.41, 5.74) is 0.0554. The van der Waals surface area contributed by atoms with Crippen molar-refractivity contribution in [3.8, 4) is 0 Å². The number of hydrogen-bond donors (Lipinski definition) is 2. The van der Waals surface area contributed by atoms with Crippen molar-refractivity contribution in [3.63, 3.8) is 0 Å². The molecule has 0 unspecified atom stereocenters. The third-order valence-electron chi connectivity index (χ3n) is 4.64. The van der Waals surface area contributed by atoms with Crippen molar-refractivity contribution in [1.29, 1.82) is 0 Å². The largest absolute Gasteiger partial charge is 0.479 e.